The number of carbonyl (C=O) groups excluding carboxylic acids is 2. The van der Waals surface area contributed by atoms with Gasteiger partial charge in [-0.3, -0.25) is 9.59 Å². The third kappa shape index (κ3) is 4.03. The van der Waals surface area contributed by atoms with Crippen molar-refractivity contribution in [3.63, 3.8) is 0 Å². The van der Waals surface area contributed by atoms with Crippen LogP contribution < -0.4 is 24.4 Å². The molecule has 0 aliphatic carbocycles. The molecule has 1 N–H and O–H groups in total. The van der Waals surface area contributed by atoms with Gasteiger partial charge in [-0.1, -0.05) is 12.1 Å². The number of para-hydroxylation sites is 2. The molecule has 1 unspecified atom stereocenters. The third-order valence-electron chi connectivity index (χ3n) is 4.60. The van der Waals surface area contributed by atoms with Gasteiger partial charge in [0.2, 0.25) is 11.8 Å². The van der Waals surface area contributed by atoms with Gasteiger partial charge in [-0.15, -0.1) is 0 Å². The second-order valence-corrected chi connectivity index (χ2v) is 6.37. The molecule has 1 atom stereocenters. The fraction of sp³-hybridized carbons (Fsp3) is 0.333. The van der Waals surface area contributed by atoms with Crippen molar-refractivity contribution in [2.75, 3.05) is 37.6 Å². The maximum Gasteiger partial charge on any atom is 0.229 e. The molecule has 0 aromatic heterocycles. The molecule has 28 heavy (non-hydrogen) atoms. The van der Waals surface area contributed by atoms with Crippen LogP contribution in [0.1, 0.15) is 13.3 Å². The predicted octanol–water partition coefficient (Wildman–Crippen LogP) is 3.09. The Morgan fingerprint density at radius 1 is 1.11 bits per heavy atom. The molecule has 2 aromatic carbocycles. The maximum atomic E-state index is 12.7. The van der Waals surface area contributed by atoms with E-state index in [0.717, 1.165) is 0 Å². The summed E-state index contributed by atoms with van der Waals surface area (Å²) in [5, 5.41) is 2.86. The molecular formula is C21H24N2O5. The Balaban J connectivity index is 1.72. The first kappa shape index (κ1) is 19.5. The maximum absolute atomic E-state index is 12.7. The van der Waals surface area contributed by atoms with Crippen LogP contribution in [-0.2, 0) is 9.59 Å². The van der Waals surface area contributed by atoms with Gasteiger partial charge in [-0.2, -0.15) is 0 Å². The topological polar surface area (TPSA) is 77.1 Å². The van der Waals surface area contributed by atoms with Gasteiger partial charge < -0.3 is 24.4 Å². The van der Waals surface area contributed by atoms with Gasteiger partial charge in [0.1, 0.15) is 5.75 Å². The van der Waals surface area contributed by atoms with Crippen LogP contribution in [0.2, 0.25) is 0 Å². The van der Waals surface area contributed by atoms with Crippen LogP contribution in [0.25, 0.3) is 0 Å². The molecule has 1 saturated heterocycles. The van der Waals surface area contributed by atoms with E-state index < -0.39 is 5.92 Å². The Morgan fingerprint density at radius 2 is 1.86 bits per heavy atom. The van der Waals surface area contributed by atoms with Crippen molar-refractivity contribution in [2.24, 2.45) is 5.92 Å². The highest BCUT2D eigenvalue weighted by Gasteiger charge is 2.36. The minimum atomic E-state index is -0.449. The normalized spacial score (nSPS) is 16.0. The van der Waals surface area contributed by atoms with Crippen molar-refractivity contribution >= 4 is 23.2 Å². The van der Waals surface area contributed by atoms with Crippen LogP contribution in [0.5, 0.6) is 17.2 Å². The summed E-state index contributed by atoms with van der Waals surface area (Å²) in [6.45, 7) is 2.70. The minimum absolute atomic E-state index is 0.0976. The average Bonchev–Trinajstić information content (AvgIpc) is 3.10. The molecule has 0 radical (unpaired) electrons. The highest BCUT2D eigenvalue weighted by molar-refractivity contribution is 6.04. The molecule has 3 rings (SSSR count). The van der Waals surface area contributed by atoms with Crippen molar-refractivity contribution in [3.8, 4) is 17.2 Å². The fourth-order valence-corrected chi connectivity index (χ4v) is 3.23. The second-order valence-electron chi connectivity index (χ2n) is 6.37. The number of nitrogens with zero attached hydrogens (tertiary/aromatic N) is 1. The van der Waals surface area contributed by atoms with Crippen molar-refractivity contribution in [1.29, 1.82) is 0 Å². The minimum Gasteiger partial charge on any atom is -0.493 e. The van der Waals surface area contributed by atoms with Crippen LogP contribution in [0.3, 0.4) is 0 Å². The molecule has 1 heterocycles. The van der Waals surface area contributed by atoms with E-state index in [9.17, 15) is 9.59 Å². The van der Waals surface area contributed by atoms with E-state index in [2.05, 4.69) is 5.32 Å². The van der Waals surface area contributed by atoms with Crippen molar-refractivity contribution in [3.05, 3.63) is 42.5 Å². The Labute approximate surface area is 164 Å². The number of rotatable bonds is 7. The molecule has 2 amide bonds. The van der Waals surface area contributed by atoms with E-state index >= 15 is 0 Å². The van der Waals surface area contributed by atoms with Crippen LogP contribution in [0, 0.1) is 5.92 Å². The fourth-order valence-electron chi connectivity index (χ4n) is 3.23. The van der Waals surface area contributed by atoms with Gasteiger partial charge in [0.25, 0.3) is 0 Å². The van der Waals surface area contributed by atoms with E-state index in [1.165, 1.54) is 7.11 Å². The Kier molecular flexibility index (Phi) is 6.03. The van der Waals surface area contributed by atoms with Crippen molar-refractivity contribution in [1.82, 2.24) is 0 Å². The molecule has 1 aliphatic rings. The van der Waals surface area contributed by atoms with Gasteiger partial charge in [-0.25, -0.2) is 0 Å². The zero-order chi connectivity index (χ0) is 20.1. The largest absolute Gasteiger partial charge is 0.493 e. The number of hydrogen-bond donors (Lipinski definition) is 1. The van der Waals surface area contributed by atoms with Crippen LogP contribution >= 0.6 is 0 Å². The van der Waals surface area contributed by atoms with Crippen LogP contribution in [-0.4, -0.2) is 39.2 Å². The Hall–Kier alpha value is -3.22. The summed E-state index contributed by atoms with van der Waals surface area (Å²) in [7, 11) is 3.09. The summed E-state index contributed by atoms with van der Waals surface area (Å²) in [4.78, 5) is 26.9. The van der Waals surface area contributed by atoms with E-state index in [1.54, 1.807) is 30.2 Å². The summed E-state index contributed by atoms with van der Waals surface area (Å²) in [6, 6.07) is 12.5. The Morgan fingerprint density at radius 3 is 2.57 bits per heavy atom. The molecule has 0 saturated carbocycles. The van der Waals surface area contributed by atoms with Gasteiger partial charge in [0, 0.05) is 24.7 Å². The highest BCUT2D eigenvalue weighted by atomic mass is 16.5. The van der Waals surface area contributed by atoms with Crippen molar-refractivity contribution in [2.45, 2.75) is 13.3 Å². The number of anilines is 2. The molecule has 7 heteroatoms. The zero-order valence-corrected chi connectivity index (χ0v) is 16.2. The molecule has 2 aromatic rings. The number of nitrogens with one attached hydrogen (secondary N) is 1. The first-order chi connectivity index (χ1) is 13.6. The van der Waals surface area contributed by atoms with Gasteiger partial charge >= 0.3 is 0 Å². The lowest BCUT2D eigenvalue weighted by atomic mass is 10.1. The number of amides is 2. The summed E-state index contributed by atoms with van der Waals surface area (Å²) in [5.41, 5.74) is 1.28. The number of hydrogen-bond acceptors (Lipinski definition) is 5. The summed E-state index contributed by atoms with van der Waals surface area (Å²) < 4.78 is 16.1. The summed E-state index contributed by atoms with van der Waals surface area (Å²) >= 11 is 0. The predicted molar refractivity (Wildman–Crippen MR) is 106 cm³/mol. The number of ether oxygens (including phenoxy) is 3. The van der Waals surface area contributed by atoms with Gasteiger partial charge in [0.05, 0.1) is 32.4 Å². The van der Waals surface area contributed by atoms with Crippen molar-refractivity contribution < 1.29 is 23.8 Å². The third-order valence-corrected chi connectivity index (χ3v) is 4.60. The first-order valence-electron chi connectivity index (χ1n) is 9.12. The molecule has 1 fully saturated rings. The zero-order valence-electron chi connectivity index (χ0n) is 16.2. The Bertz CT molecular complexity index is 868. The average molecular weight is 384 g/mol. The SMILES string of the molecule is CCOc1ccccc1N1CC(C(=O)Nc2ccc(OC)c(OC)c2)CC1=O. The molecule has 0 spiro atoms. The molecule has 1 aliphatic heterocycles. The van der Waals surface area contributed by atoms with E-state index in [4.69, 9.17) is 14.2 Å². The lowest BCUT2D eigenvalue weighted by Gasteiger charge is -2.20. The summed E-state index contributed by atoms with van der Waals surface area (Å²) in [5.74, 6) is 0.983. The quantitative estimate of drug-likeness (QED) is 0.794. The van der Waals surface area contributed by atoms with E-state index in [1.807, 2.05) is 31.2 Å². The van der Waals surface area contributed by atoms with Gasteiger partial charge in [-0.05, 0) is 31.2 Å². The van der Waals surface area contributed by atoms with E-state index in [0.29, 0.717) is 41.8 Å². The van der Waals surface area contributed by atoms with Crippen LogP contribution in [0.4, 0.5) is 11.4 Å². The highest BCUT2D eigenvalue weighted by Crippen LogP contribution is 2.34. The molecule has 7 nitrogen and oxygen atoms in total. The van der Waals surface area contributed by atoms with E-state index in [-0.39, 0.29) is 18.2 Å². The molecule has 0 bridgehead atoms. The molecule has 148 valence electrons. The standard InChI is InChI=1S/C21H24N2O5/c1-4-28-17-8-6-5-7-16(17)23-13-14(11-20(23)24)21(25)22-15-9-10-18(26-2)19(12-15)27-3/h5-10,12,14H,4,11,13H2,1-3H3,(H,22,25). The first-order valence-corrected chi connectivity index (χ1v) is 9.12. The number of carbonyl (C=O) groups is 2. The summed E-state index contributed by atoms with van der Waals surface area (Å²) in [6.07, 6.45) is 0.152. The van der Waals surface area contributed by atoms with Gasteiger partial charge in [0.15, 0.2) is 11.5 Å². The van der Waals surface area contributed by atoms with Crippen LogP contribution in [0.15, 0.2) is 42.5 Å². The lowest BCUT2D eigenvalue weighted by Crippen LogP contribution is -2.28. The molecular weight excluding hydrogens is 360 g/mol. The second kappa shape index (κ2) is 8.65. The lowest BCUT2D eigenvalue weighted by molar-refractivity contribution is -0.122. The smallest absolute Gasteiger partial charge is 0.229 e. The monoisotopic (exact) mass is 384 g/mol. The number of benzene rings is 2. The number of methoxy groups -OCH3 is 2.